The standard InChI is InChI=1S/C41H59N7O6.C41H60N4O9.C10H17N3O2.C2HF3O2/c1-27(2)23-30(26-36(49)35(25-29-13-7-4-8-14-29)47-38(51)33(43)24-28-11-5-3-6-12-28)37(50)46-34(15-9-10-20-42)41(54)48-21-18-32(19-22-48)45-40(53)39(52)44-31-16-17-31;1-27(2)23-30(35(47)43-31(37(49)50)21-15-16-22-42-38(51)53-40(3,4)5)26-34(46)32(24-28-17-11-9-12-18-28)44-36(48)33(25-29-19-13-10-14-20-29)45-39(52)54-41(6,7)8;14-9(12-7-1-2-7)10(15)13-8-3-5-11-6-4-8;3-2(4,5)1(6)7/h3-8,11-14,27,30-35H,9-10,15-26,42-43H2,1-2H3,(H,44,52)(H,45,53)(H,46,50)(H,47,51);9-14,17-20,27,30-33H,15-16,21-26H2,1-8H3,(H,42,51)(H,43,47)(H,44,48)(H,45,52)(H,49,50);7-8,11H,1-6H2,(H,12,14)(H,13,15);(H,6,7)/t30-,33+,34+,35+;30-,31+,32+,33+;;/m00../s1. The zero-order chi connectivity index (χ0) is 96.3. The Morgan fingerprint density at radius 1 is 0.438 bits per heavy atom. The Bertz CT molecular complexity index is 4270. The molecule has 2 aliphatic carbocycles. The molecular weight excluding hydrogens is 1690 g/mol. The molecular formula is C94H137F3N14O19. The van der Waals surface area contributed by atoms with Gasteiger partial charge in [0.15, 0.2) is 11.6 Å². The van der Waals surface area contributed by atoms with Crippen LogP contribution in [0.4, 0.5) is 22.8 Å². The molecule has 0 aromatic heterocycles. The van der Waals surface area contributed by atoms with E-state index in [1.807, 2.05) is 149 Å². The summed E-state index contributed by atoms with van der Waals surface area (Å²) in [7, 11) is 0. The minimum absolute atomic E-state index is 0.00815. The molecule has 0 unspecified atom stereocenters. The fraction of sp³-hybridized carbons (Fsp3) is 0.585. The SMILES string of the molecule is CC(C)C[C@@H](CC(=O)[C@@H](Cc1ccccc1)NC(=O)[C@@H](Cc1ccccc1)NC(=O)OC(C)(C)C)C(=O)N[C@H](CCCCNC(=O)OC(C)(C)C)C(=O)O.CC(C)C[C@@H](CC(=O)[C@@H](Cc1ccccc1)NC(=O)[C@H](N)Cc1ccccc1)C(=O)N[C@H](CCCCN)C(=O)N1CCC(NC(=O)C(=O)NC2CC2)CC1.O=C(NC1CCNCC1)C(=O)NC1CC1.O=C(O)C(F)(F)F. The van der Waals surface area contributed by atoms with Crippen LogP contribution in [-0.2, 0) is 97.5 Å². The van der Waals surface area contributed by atoms with E-state index >= 15 is 0 Å². The fourth-order valence-corrected chi connectivity index (χ4v) is 14.1. The van der Waals surface area contributed by atoms with Crippen molar-refractivity contribution in [3.05, 3.63) is 144 Å². The first-order valence-electron chi connectivity index (χ1n) is 44.9. The van der Waals surface area contributed by atoms with Gasteiger partial charge in [-0.15, -0.1) is 0 Å². The fourth-order valence-electron chi connectivity index (χ4n) is 14.1. The van der Waals surface area contributed by atoms with Gasteiger partial charge in [0.1, 0.15) is 29.3 Å². The zero-order valence-electron chi connectivity index (χ0n) is 76.5. The van der Waals surface area contributed by atoms with E-state index in [-0.39, 0.29) is 92.8 Å². The number of piperidine rings is 2. The monoisotopic (exact) mass is 1820 g/mol. The number of carbonyl (C=O) groups is 15. The lowest BCUT2D eigenvalue weighted by molar-refractivity contribution is -0.192. The van der Waals surface area contributed by atoms with Crippen LogP contribution in [-0.4, -0.2) is 221 Å². The second kappa shape index (κ2) is 55.6. The van der Waals surface area contributed by atoms with Crippen molar-refractivity contribution < 1.29 is 105 Å². The predicted molar refractivity (Wildman–Crippen MR) is 481 cm³/mol. The number of carbonyl (C=O) groups excluding carboxylic acids is 13. The summed E-state index contributed by atoms with van der Waals surface area (Å²) in [5.74, 6) is -10.7. The average Bonchev–Trinajstić information content (AvgIpc) is 0.991. The first kappa shape index (κ1) is 109. The molecule has 2 saturated carbocycles. The maximum Gasteiger partial charge on any atom is 0.490 e. The summed E-state index contributed by atoms with van der Waals surface area (Å²) in [4.78, 5) is 192. The van der Waals surface area contributed by atoms with E-state index in [0.717, 1.165) is 73.9 Å². The molecule has 4 fully saturated rings. The smallest absolute Gasteiger partial charge is 0.480 e. The largest absolute Gasteiger partial charge is 0.490 e. The van der Waals surface area contributed by atoms with E-state index in [2.05, 4.69) is 58.5 Å². The highest BCUT2D eigenvalue weighted by Gasteiger charge is 2.40. The van der Waals surface area contributed by atoms with E-state index in [1.54, 1.807) is 46.4 Å². The number of carboxylic acid groups (broad SMARTS) is 2. The Morgan fingerprint density at radius 3 is 1.16 bits per heavy atom. The number of nitrogens with zero attached hydrogens (tertiary/aromatic N) is 1. The number of amides is 11. The molecule has 4 aliphatic rings. The molecule has 2 heterocycles. The number of alkyl carbamates (subject to hydrolysis) is 2. The summed E-state index contributed by atoms with van der Waals surface area (Å²) in [6, 6.07) is 31.3. The van der Waals surface area contributed by atoms with Gasteiger partial charge in [0.05, 0.1) is 18.1 Å². The molecule has 4 aromatic carbocycles. The first-order valence-corrected chi connectivity index (χ1v) is 44.9. The highest BCUT2D eigenvalue weighted by molar-refractivity contribution is 6.35. The molecule has 718 valence electrons. The van der Waals surface area contributed by atoms with E-state index in [9.17, 15) is 85.4 Å². The van der Waals surface area contributed by atoms with Crippen molar-refractivity contribution in [2.75, 3.05) is 39.3 Å². The molecule has 8 rings (SSSR count). The lowest BCUT2D eigenvalue weighted by Gasteiger charge is -2.35. The van der Waals surface area contributed by atoms with Crippen LogP contribution in [0.2, 0.25) is 0 Å². The third-order valence-corrected chi connectivity index (χ3v) is 21.1. The molecule has 11 amide bonds. The van der Waals surface area contributed by atoms with E-state index in [4.69, 9.17) is 30.8 Å². The highest BCUT2D eigenvalue weighted by Crippen LogP contribution is 2.25. The molecule has 36 heteroatoms. The summed E-state index contributed by atoms with van der Waals surface area (Å²) in [6.45, 7) is 21.4. The maximum absolute atomic E-state index is 14.1. The van der Waals surface area contributed by atoms with Gasteiger partial charge in [0.25, 0.3) is 0 Å². The number of halogens is 3. The van der Waals surface area contributed by atoms with Crippen LogP contribution >= 0.6 is 0 Å². The van der Waals surface area contributed by atoms with Gasteiger partial charge in [-0.1, -0.05) is 149 Å². The van der Waals surface area contributed by atoms with Crippen LogP contribution in [0.5, 0.6) is 0 Å². The van der Waals surface area contributed by atoms with Gasteiger partial charge in [0.2, 0.25) is 29.5 Å². The number of benzene rings is 4. The number of hydrogen-bond donors (Lipinski definition) is 15. The quantitative estimate of drug-likeness (QED) is 0.0152. The summed E-state index contributed by atoms with van der Waals surface area (Å²) in [6.07, 6.45) is 3.88. The highest BCUT2D eigenvalue weighted by atomic mass is 19.4. The van der Waals surface area contributed by atoms with Gasteiger partial charge in [-0.25, -0.2) is 19.2 Å². The number of likely N-dealkylation sites (tertiary alicyclic amines) is 1. The van der Waals surface area contributed by atoms with Crippen LogP contribution < -0.4 is 70.0 Å². The van der Waals surface area contributed by atoms with E-state index < -0.39 is 143 Å². The molecule has 130 heavy (non-hydrogen) atoms. The van der Waals surface area contributed by atoms with Crippen molar-refractivity contribution in [3.8, 4) is 0 Å². The molecule has 0 spiro atoms. The van der Waals surface area contributed by atoms with E-state index in [1.165, 1.54) is 0 Å². The third kappa shape index (κ3) is 45.2. The maximum atomic E-state index is 14.1. The van der Waals surface area contributed by atoms with Gasteiger partial charge in [-0.3, -0.25) is 52.7 Å². The van der Waals surface area contributed by atoms with Gasteiger partial charge in [0, 0.05) is 74.9 Å². The summed E-state index contributed by atoms with van der Waals surface area (Å²) in [5, 5.41) is 47.8. The second-order valence-electron chi connectivity index (χ2n) is 36.2. The average molecular weight is 1820 g/mol. The lowest BCUT2D eigenvalue weighted by Crippen LogP contribution is -2.55. The number of ether oxygens (including phenoxy) is 2. The molecule has 4 aromatic rings. The Balaban J connectivity index is 0.000000371. The number of unbranched alkanes of at least 4 members (excludes halogenated alkanes) is 2. The Labute approximate surface area is 759 Å². The summed E-state index contributed by atoms with van der Waals surface area (Å²) < 4.78 is 42.4. The molecule has 2 saturated heterocycles. The van der Waals surface area contributed by atoms with Crippen molar-refractivity contribution >= 4 is 88.9 Å². The van der Waals surface area contributed by atoms with Crippen molar-refractivity contribution in [2.24, 2.45) is 35.1 Å². The van der Waals surface area contributed by atoms with Gasteiger partial charge in [-0.05, 0) is 217 Å². The number of hydrogen-bond acceptors (Lipinski definition) is 20. The van der Waals surface area contributed by atoms with Crippen LogP contribution in [0.3, 0.4) is 0 Å². The van der Waals surface area contributed by atoms with E-state index in [0.29, 0.717) is 83.8 Å². The number of aliphatic carboxylic acids is 2. The van der Waals surface area contributed by atoms with Crippen LogP contribution in [0.25, 0.3) is 0 Å². The Hall–Kier alpha value is -11.4. The van der Waals surface area contributed by atoms with Crippen molar-refractivity contribution in [1.29, 1.82) is 0 Å². The summed E-state index contributed by atoms with van der Waals surface area (Å²) in [5.41, 5.74) is 13.9. The van der Waals surface area contributed by atoms with Gasteiger partial charge >= 0.3 is 53.9 Å². The van der Waals surface area contributed by atoms with Crippen molar-refractivity contribution in [2.45, 2.75) is 288 Å². The molecule has 0 radical (unpaired) electrons. The number of rotatable bonds is 42. The minimum atomic E-state index is -5.08. The number of nitrogens with two attached hydrogens (primary N) is 2. The van der Waals surface area contributed by atoms with Crippen molar-refractivity contribution in [3.63, 3.8) is 0 Å². The summed E-state index contributed by atoms with van der Waals surface area (Å²) >= 11 is 0. The molecule has 2 aliphatic heterocycles. The van der Waals surface area contributed by atoms with Gasteiger partial charge < -0.3 is 94.5 Å². The first-order chi connectivity index (χ1) is 61.3. The van der Waals surface area contributed by atoms with Crippen molar-refractivity contribution in [1.82, 2.24) is 63.4 Å². The minimum Gasteiger partial charge on any atom is -0.480 e. The number of nitrogens with one attached hydrogen (secondary N) is 11. The normalized spacial score (nSPS) is 15.9. The Morgan fingerprint density at radius 2 is 0.785 bits per heavy atom. The second-order valence-corrected chi connectivity index (χ2v) is 36.2. The Kier molecular flexibility index (Phi) is 46.7. The molecule has 17 N–H and O–H groups in total. The number of carboxylic acids is 2. The predicted octanol–water partition coefficient (Wildman–Crippen LogP) is 7.41. The number of alkyl halides is 3. The third-order valence-electron chi connectivity index (χ3n) is 21.1. The van der Waals surface area contributed by atoms with Crippen LogP contribution in [0, 0.1) is 23.7 Å². The zero-order valence-corrected chi connectivity index (χ0v) is 76.5. The lowest BCUT2D eigenvalue weighted by atomic mass is 9.88. The molecule has 33 nitrogen and oxygen atoms in total. The molecule has 0 bridgehead atoms. The van der Waals surface area contributed by atoms with Gasteiger partial charge in [-0.2, -0.15) is 13.2 Å². The number of ketones is 2. The molecule has 8 atom stereocenters. The number of Topliss-reactive ketones (excluding diaryl/α,β-unsaturated/α-hetero) is 2. The topological polar surface area (TPSA) is 503 Å². The van der Waals surface area contributed by atoms with Crippen LogP contribution in [0.15, 0.2) is 121 Å². The van der Waals surface area contributed by atoms with Crippen LogP contribution in [0.1, 0.15) is 207 Å².